The molecule has 0 bridgehead atoms. The predicted octanol–water partition coefficient (Wildman–Crippen LogP) is -0.752. The van der Waals surface area contributed by atoms with E-state index in [1.165, 1.54) is 6.07 Å². The Hall–Kier alpha value is -2.19. The molecule has 1 aromatic rings. The minimum Gasteiger partial charge on any atom is -0.383 e. The molecule has 5 N–H and O–H groups in total. The highest BCUT2D eigenvalue weighted by atomic mass is 16.5. The van der Waals surface area contributed by atoms with E-state index in [4.69, 9.17) is 10.6 Å². The number of aromatic nitrogens is 1. The summed E-state index contributed by atoms with van der Waals surface area (Å²) >= 11 is 0. The molecule has 0 saturated carbocycles. The molecule has 1 unspecified atom stereocenters. The van der Waals surface area contributed by atoms with Crippen molar-refractivity contribution in [3.8, 4) is 0 Å². The van der Waals surface area contributed by atoms with E-state index in [2.05, 4.69) is 21.0 Å². The molecular formula is C12H19N5O3. The van der Waals surface area contributed by atoms with Gasteiger partial charge in [0.05, 0.1) is 6.61 Å². The Kier molecular flexibility index (Phi) is 6.41. The van der Waals surface area contributed by atoms with E-state index >= 15 is 0 Å². The van der Waals surface area contributed by atoms with Gasteiger partial charge in [-0.15, -0.1) is 0 Å². The van der Waals surface area contributed by atoms with Crippen LogP contribution < -0.4 is 21.9 Å². The van der Waals surface area contributed by atoms with Gasteiger partial charge in [-0.1, -0.05) is 6.07 Å². The van der Waals surface area contributed by atoms with Gasteiger partial charge in [-0.05, 0) is 19.1 Å². The molecule has 1 atom stereocenters. The first kappa shape index (κ1) is 15.9. The normalized spacial score (nSPS) is 11.6. The van der Waals surface area contributed by atoms with Crippen LogP contribution in [0.3, 0.4) is 0 Å². The first-order chi connectivity index (χ1) is 9.58. The highest BCUT2D eigenvalue weighted by molar-refractivity contribution is 5.96. The van der Waals surface area contributed by atoms with Crippen molar-refractivity contribution >= 4 is 17.6 Å². The first-order valence-corrected chi connectivity index (χ1v) is 6.09. The van der Waals surface area contributed by atoms with Crippen molar-refractivity contribution in [3.05, 3.63) is 23.9 Å². The van der Waals surface area contributed by atoms with Gasteiger partial charge in [0.1, 0.15) is 17.6 Å². The van der Waals surface area contributed by atoms with E-state index in [1.54, 1.807) is 26.2 Å². The third-order valence-corrected chi connectivity index (χ3v) is 2.48. The Balaban J connectivity index is 2.54. The smallest absolute Gasteiger partial charge is 0.270 e. The summed E-state index contributed by atoms with van der Waals surface area (Å²) in [6, 6.07) is 4.12. The molecule has 0 aliphatic carbocycles. The number of hydrogen-bond acceptors (Lipinski definition) is 6. The van der Waals surface area contributed by atoms with Crippen LogP contribution in [0.25, 0.3) is 0 Å². The second-order valence-corrected chi connectivity index (χ2v) is 4.03. The predicted molar refractivity (Wildman–Crippen MR) is 73.9 cm³/mol. The van der Waals surface area contributed by atoms with Crippen molar-refractivity contribution in [2.24, 2.45) is 5.84 Å². The Labute approximate surface area is 117 Å². The number of amides is 2. The Morgan fingerprint density at radius 3 is 2.85 bits per heavy atom. The summed E-state index contributed by atoms with van der Waals surface area (Å²) in [4.78, 5) is 27.6. The zero-order chi connectivity index (χ0) is 15.0. The molecule has 0 saturated heterocycles. The van der Waals surface area contributed by atoms with Crippen molar-refractivity contribution in [2.75, 3.05) is 25.7 Å². The number of hydrazine groups is 1. The van der Waals surface area contributed by atoms with Gasteiger partial charge in [-0.25, -0.2) is 10.8 Å². The first-order valence-electron chi connectivity index (χ1n) is 6.09. The molecule has 0 aliphatic rings. The van der Waals surface area contributed by atoms with Crippen LogP contribution >= 0.6 is 0 Å². The van der Waals surface area contributed by atoms with Crippen LogP contribution in [-0.2, 0) is 9.53 Å². The summed E-state index contributed by atoms with van der Waals surface area (Å²) in [5.74, 6) is 4.85. The molecule has 8 heteroatoms. The summed E-state index contributed by atoms with van der Waals surface area (Å²) in [5.41, 5.74) is 2.53. The van der Waals surface area contributed by atoms with E-state index in [0.717, 1.165) is 0 Å². The number of rotatable bonds is 7. The number of carbonyl (C=O) groups excluding carboxylic acids is 2. The lowest BCUT2D eigenvalue weighted by Crippen LogP contribution is -2.45. The minimum absolute atomic E-state index is 0.178. The van der Waals surface area contributed by atoms with Gasteiger partial charge in [0.25, 0.3) is 5.91 Å². The summed E-state index contributed by atoms with van der Waals surface area (Å²) in [6.45, 7) is 2.39. The molecule has 0 fully saturated rings. The van der Waals surface area contributed by atoms with Crippen LogP contribution in [0.15, 0.2) is 18.2 Å². The van der Waals surface area contributed by atoms with E-state index < -0.39 is 11.9 Å². The largest absolute Gasteiger partial charge is 0.383 e. The Morgan fingerprint density at radius 2 is 2.20 bits per heavy atom. The number of anilines is 1. The van der Waals surface area contributed by atoms with Crippen molar-refractivity contribution in [1.82, 2.24) is 15.6 Å². The second kappa shape index (κ2) is 8.08. The number of nitrogen functional groups attached to an aromatic ring is 1. The van der Waals surface area contributed by atoms with Crippen LogP contribution in [0.5, 0.6) is 0 Å². The summed E-state index contributed by atoms with van der Waals surface area (Å²) < 4.78 is 4.82. The molecule has 0 radical (unpaired) electrons. The summed E-state index contributed by atoms with van der Waals surface area (Å²) in [7, 11) is 1.54. The van der Waals surface area contributed by atoms with Crippen LogP contribution in [0.2, 0.25) is 0 Å². The SMILES string of the molecule is COCCNC(=O)C(C)NC(=O)c1cccc(NN)n1. The molecule has 8 nitrogen and oxygen atoms in total. The molecule has 1 rings (SSSR count). The minimum atomic E-state index is -0.671. The highest BCUT2D eigenvalue weighted by Crippen LogP contribution is 2.03. The molecule has 110 valence electrons. The maximum absolute atomic E-state index is 11.9. The Morgan fingerprint density at radius 1 is 1.45 bits per heavy atom. The molecule has 1 heterocycles. The number of hydrogen-bond donors (Lipinski definition) is 4. The second-order valence-electron chi connectivity index (χ2n) is 4.03. The quantitative estimate of drug-likeness (QED) is 0.297. The van der Waals surface area contributed by atoms with Gasteiger partial charge < -0.3 is 20.8 Å². The molecule has 1 aromatic heterocycles. The third-order valence-electron chi connectivity index (χ3n) is 2.48. The molecule has 0 aromatic carbocycles. The van der Waals surface area contributed by atoms with E-state index in [0.29, 0.717) is 19.0 Å². The maximum atomic E-state index is 11.9. The molecule has 2 amide bonds. The van der Waals surface area contributed by atoms with Gasteiger partial charge in [0.15, 0.2) is 0 Å². The number of carbonyl (C=O) groups is 2. The zero-order valence-electron chi connectivity index (χ0n) is 11.5. The Bertz CT molecular complexity index is 466. The van der Waals surface area contributed by atoms with Gasteiger partial charge in [-0.3, -0.25) is 9.59 Å². The fourth-order valence-electron chi connectivity index (χ4n) is 1.41. The number of nitrogens with one attached hydrogen (secondary N) is 3. The van der Waals surface area contributed by atoms with Crippen molar-refractivity contribution in [3.63, 3.8) is 0 Å². The van der Waals surface area contributed by atoms with Crippen LogP contribution in [0.4, 0.5) is 5.82 Å². The van der Waals surface area contributed by atoms with E-state index in [9.17, 15) is 9.59 Å². The number of nitrogens with two attached hydrogens (primary N) is 1. The standard InChI is InChI=1S/C12H19N5O3/c1-8(11(18)14-6-7-20-2)15-12(19)9-4-3-5-10(16-9)17-13/h3-5,8H,6-7,13H2,1-2H3,(H,14,18)(H,15,19)(H,16,17). The lowest BCUT2D eigenvalue weighted by atomic mass is 10.2. The van der Waals surface area contributed by atoms with E-state index in [1.807, 2.05) is 0 Å². The van der Waals surface area contributed by atoms with Gasteiger partial charge in [0, 0.05) is 13.7 Å². The monoisotopic (exact) mass is 281 g/mol. The topological polar surface area (TPSA) is 118 Å². The van der Waals surface area contributed by atoms with Crippen molar-refractivity contribution in [2.45, 2.75) is 13.0 Å². The van der Waals surface area contributed by atoms with Gasteiger partial charge in [0.2, 0.25) is 5.91 Å². The van der Waals surface area contributed by atoms with Gasteiger partial charge in [-0.2, -0.15) is 0 Å². The number of nitrogens with zero attached hydrogens (tertiary/aromatic N) is 1. The number of ether oxygens (including phenoxy) is 1. The van der Waals surface area contributed by atoms with Crippen LogP contribution in [-0.4, -0.2) is 43.1 Å². The zero-order valence-corrected chi connectivity index (χ0v) is 11.5. The molecular weight excluding hydrogens is 262 g/mol. The summed E-state index contributed by atoms with van der Waals surface area (Å²) in [6.07, 6.45) is 0. The highest BCUT2D eigenvalue weighted by Gasteiger charge is 2.17. The average Bonchev–Trinajstić information content (AvgIpc) is 2.47. The van der Waals surface area contributed by atoms with E-state index in [-0.39, 0.29) is 11.6 Å². The van der Waals surface area contributed by atoms with Crippen molar-refractivity contribution in [1.29, 1.82) is 0 Å². The summed E-state index contributed by atoms with van der Waals surface area (Å²) in [5, 5.41) is 5.18. The molecule has 0 aliphatic heterocycles. The lowest BCUT2D eigenvalue weighted by Gasteiger charge is -2.13. The lowest BCUT2D eigenvalue weighted by molar-refractivity contribution is -0.122. The number of methoxy groups -OCH3 is 1. The maximum Gasteiger partial charge on any atom is 0.270 e. The third kappa shape index (κ3) is 4.82. The average molecular weight is 281 g/mol. The fourth-order valence-corrected chi connectivity index (χ4v) is 1.41. The van der Waals surface area contributed by atoms with Crippen LogP contribution in [0.1, 0.15) is 17.4 Å². The molecule has 20 heavy (non-hydrogen) atoms. The van der Waals surface area contributed by atoms with Crippen molar-refractivity contribution < 1.29 is 14.3 Å². The fraction of sp³-hybridized carbons (Fsp3) is 0.417. The van der Waals surface area contributed by atoms with Crippen LogP contribution in [0, 0.1) is 0 Å². The van der Waals surface area contributed by atoms with Gasteiger partial charge >= 0.3 is 0 Å². The molecule has 0 spiro atoms. The number of pyridine rings is 1.